The smallest absolute Gasteiger partial charge is 0.260 e. The molecule has 6 heteroatoms. The third-order valence-corrected chi connectivity index (χ3v) is 7.04. The van der Waals surface area contributed by atoms with Gasteiger partial charge in [0.2, 0.25) is 0 Å². The lowest BCUT2D eigenvalue weighted by atomic mass is 10.1. The number of hydrogen-bond acceptors (Lipinski definition) is 5. The molecule has 2 aromatic carbocycles. The summed E-state index contributed by atoms with van der Waals surface area (Å²) >= 11 is 3.25. The predicted molar refractivity (Wildman–Crippen MR) is 118 cm³/mol. The van der Waals surface area contributed by atoms with Gasteiger partial charge in [-0.05, 0) is 68.3 Å². The SMILES string of the molecule is CSc1cccc2sc(N(C[C@H]3CCCO3)C(=O)c3ccc(C)c(C)c3)nc12. The van der Waals surface area contributed by atoms with Crippen LogP contribution >= 0.6 is 23.1 Å². The average Bonchev–Trinajstić information content (AvgIpc) is 3.36. The Morgan fingerprint density at radius 2 is 2.14 bits per heavy atom. The average molecular weight is 413 g/mol. The topological polar surface area (TPSA) is 42.4 Å². The van der Waals surface area contributed by atoms with E-state index in [0.29, 0.717) is 12.1 Å². The third-order valence-electron chi connectivity index (χ3n) is 5.23. The van der Waals surface area contributed by atoms with Gasteiger partial charge in [0.15, 0.2) is 5.13 Å². The van der Waals surface area contributed by atoms with Crippen LogP contribution in [0.15, 0.2) is 41.3 Å². The van der Waals surface area contributed by atoms with Gasteiger partial charge < -0.3 is 4.74 Å². The minimum atomic E-state index is -0.0108. The maximum absolute atomic E-state index is 13.5. The van der Waals surface area contributed by atoms with Crippen LogP contribution in [-0.2, 0) is 4.74 Å². The zero-order valence-electron chi connectivity index (χ0n) is 16.4. The molecule has 4 nitrogen and oxygen atoms in total. The molecule has 1 atom stereocenters. The number of anilines is 1. The van der Waals surface area contributed by atoms with Crippen molar-refractivity contribution in [2.45, 2.75) is 37.7 Å². The fourth-order valence-corrected chi connectivity index (χ4v) is 5.09. The van der Waals surface area contributed by atoms with Crippen LogP contribution in [0.3, 0.4) is 0 Å². The molecule has 0 radical (unpaired) electrons. The highest BCUT2D eigenvalue weighted by atomic mass is 32.2. The van der Waals surface area contributed by atoms with E-state index < -0.39 is 0 Å². The molecule has 1 aliphatic rings. The van der Waals surface area contributed by atoms with Gasteiger partial charge in [-0.3, -0.25) is 9.69 Å². The Morgan fingerprint density at radius 3 is 2.86 bits per heavy atom. The molecule has 1 saturated heterocycles. The molecule has 28 heavy (non-hydrogen) atoms. The molecule has 0 saturated carbocycles. The number of aromatic nitrogens is 1. The summed E-state index contributed by atoms with van der Waals surface area (Å²) in [7, 11) is 0. The van der Waals surface area contributed by atoms with E-state index >= 15 is 0 Å². The molecule has 0 bridgehead atoms. The van der Waals surface area contributed by atoms with Crippen molar-refractivity contribution in [1.82, 2.24) is 4.98 Å². The largest absolute Gasteiger partial charge is 0.376 e. The van der Waals surface area contributed by atoms with E-state index in [2.05, 4.69) is 25.3 Å². The van der Waals surface area contributed by atoms with Gasteiger partial charge in [-0.2, -0.15) is 0 Å². The summed E-state index contributed by atoms with van der Waals surface area (Å²) in [5.41, 5.74) is 3.98. The lowest BCUT2D eigenvalue weighted by Crippen LogP contribution is -2.37. The molecular weight excluding hydrogens is 388 g/mol. The number of aryl methyl sites for hydroxylation is 2. The maximum Gasteiger partial charge on any atom is 0.260 e. The Balaban J connectivity index is 1.74. The quantitative estimate of drug-likeness (QED) is 0.522. The fourth-order valence-electron chi connectivity index (χ4n) is 3.46. The van der Waals surface area contributed by atoms with Crippen molar-refractivity contribution in [2.24, 2.45) is 0 Å². The van der Waals surface area contributed by atoms with E-state index in [1.165, 1.54) is 5.56 Å². The normalized spacial score (nSPS) is 16.6. The van der Waals surface area contributed by atoms with Crippen molar-refractivity contribution in [3.05, 3.63) is 53.1 Å². The molecule has 0 spiro atoms. The molecule has 2 heterocycles. The Bertz CT molecular complexity index is 1010. The van der Waals surface area contributed by atoms with Crippen LogP contribution < -0.4 is 4.90 Å². The highest BCUT2D eigenvalue weighted by molar-refractivity contribution is 7.98. The number of ether oxygens (including phenoxy) is 1. The van der Waals surface area contributed by atoms with Crippen molar-refractivity contribution in [3.8, 4) is 0 Å². The van der Waals surface area contributed by atoms with Crippen LogP contribution in [0.5, 0.6) is 0 Å². The second-order valence-corrected chi connectivity index (χ2v) is 9.01. The fraction of sp³-hybridized carbons (Fsp3) is 0.364. The van der Waals surface area contributed by atoms with Gasteiger partial charge in [0.05, 0.1) is 22.9 Å². The Kier molecular flexibility index (Phi) is 5.71. The van der Waals surface area contributed by atoms with Crippen molar-refractivity contribution < 1.29 is 9.53 Å². The van der Waals surface area contributed by atoms with E-state index in [-0.39, 0.29) is 12.0 Å². The maximum atomic E-state index is 13.5. The highest BCUT2D eigenvalue weighted by Gasteiger charge is 2.27. The van der Waals surface area contributed by atoms with Crippen LogP contribution in [0.1, 0.15) is 34.3 Å². The van der Waals surface area contributed by atoms with Gasteiger partial charge in [-0.15, -0.1) is 11.8 Å². The number of hydrogen-bond donors (Lipinski definition) is 0. The second kappa shape index (κ2) is 8.23. The first kappa shape index (κ1) is 19.4. The highest BCUT2D eigenvalue weighted by Crippen LogP contribution is 2.35. The molecular formula is C22H24N2O2S2. The molecule has 0 unspecified atom stereocenters. The van der Waals surface area contributed by atoms with Gasteiger partial charge in [0.1, 0.15) is 0 Å². The van der Waals surface area contributed by atoms with Gasteiger partial charge >= 0.3 is 0 Å². The van der Waals surface area contributed by atoms with Crippen molar-refractivity contribution in [2.75, 3.05) is 24.3 Å². The van der Waals surface area contributed by atoms with E-state index in [1.54, 1.807) is 23.1 Å². The van der Waals surface area contributed by atoms with E-state index in [9.17, 15) is 4.79 Å². The molecule has 1 fully saturated rings. The lowest BCUT2D eigenvalue weighted by Gasteiger charge is -2.23. The third kappa shape index (κ3) is 3.81. The first-order chi connectivity index (χ1) is 13.6. The molecule has 0 aliphatic carbocycles. The first-order valence-corrected chi connectivity index (χ1v) is 11.5. The molecule has 0 N–H and O–H groups in total. The summed E-state index contributed by atoms with van der Waals surface area (Å²) in [6.45, 7) is 5.41. The molecule has 1 aromatic heterocycles. The number of amides is 1. The standard InChI is InChI=1S/C22H24N2O2S2/c1-14-9-10-16(12-15(14)2)21(25)24(13-17-6-5-11-26-17)22-23-20-18(27-3)7-4-8-19(20)28-22/h4,7-10,12,17H,5-6,11,13H2,1-3H3/t17-/m1/s1. The number of nitrogens with zero attached hydrogens (tertiary/aromatic N) is 2. The summed E-state index contributed by atoms with van der Waals surface area (Å²) in [5, 5.41) is 0.746. The van der Waals surface area contributed by atoms with E-state index in [1.807, 2.05) is 36.1 Å². The van der Waals surface area contributed by atoms with Crippen LogP contribution in [0.2, 0.25) is 0 Å². The van der Waals surface area contributed by atoms with Crippen molar-refractivity contribution in [1.29, 1.82) is 0 Å². The summed E-state index contributed by atoms with van der Waals surface area (Å²) in [5.74, 6) is -0.0108. The summed E-state index contributed by atoms with van der Waals surface area (Å²) in [6, 6.07) is 12.1. The number of thiazole rings is 1. The lowest BCUT2D eigenvalue weighted by molar-refractivity contribution is 0.0917. The Morgan fingerprint density at radius 1 is 1.29 bits per heavy atom. The number of benzene rings is 2. The van der Waals surface area contributed by atoms with Crippen LogP contribution in [-0.4, -0.2) is 36.4 Å². The van der Waals surface area contributed by atoms with Crippen LogP contribution in [0, 0.1) is 13.8 Å². The molecule has 4 rings (SSSR count). The van der Waals surface area contributed by atoms with Gasteiger partial charge in [-0.25, -0.2) is 4.98 Å². The second-order valence-electron chi connectivity index (χ2n) is 7.15. The number of carbonyl (C=O) groups excluding carboxylic acids is 1. The minimum absolute atomic E-state index is 0.0108. The number of fused-ring (bicyclic) bond motifs is 1. The van der Waals surface area contributed by atoms with Crippen LogP contribution in [0.4, 0.5) is 5.13 Å². The van der Waals surface area contributed by atoms with Crippen LogP contribution in [0.25, 0.3) is 10.2 Å². The van der Waals surface area contributed by atoms with Crippen molar-refractivity contribution >= 4 is 44.4 Å². The van der Waals surface area contributed by atoms with Gasteiger partial charge in [0.25, 0.3) is 5.91 Å². The van der Waals surface area contributed by atoms with E-state index in [4.69, 9.17) is 9.72 Å². The zero-order chi connectivity index (χ0) is 19.7. The van der Waals surface area contributed by atoms with Crippen molar-refractivity contribution in [3.63, 3.8) is 0 Å². The molecule has 146 valence electrons. The Hall–Kier alpha value is -1.89. The molecule has 1 aliphatic heterocycles. The minimum Gasteiger partial charge on any atom is -0.376 e. The van der Waals surface area contributed by atoms with Gasteiger partial charge in [-0.1, -0.05) is 23.5 Å². The zero-order valence-corrected chi connectivity index (χ0v) is 18.0. The predicted octanol–water partition coefficient (Wildman–Crippen LogP) is 5.46. The summed E-state index contributed by atoms with van der Waals surface area (Å²) in [4.78, 5) is 21.3. The number of carbonyl (C=O) groups is 1. The number of rotatable bonds is 5. The monoisotopic (exact) mass is 412 g/mol. The number of thioether (sulfide) groups is 1. The first-order valence-electron chi connectivity index (χ1n) is 9.51. The van der Waals surface area contributed by atoms with Gasteiger partial charge in [0, 0.05) is 17.1 Å². The molecule has 3 aromatic rings. The summed E-state index contributed by atoms with van der Waals surface area (Å²) in [6.07, 6.45) is 4.16. The summed E-state index contributed by atoms with van der Waals surface area (Å²) < 4.78 is 6.94. The number of para-hydroxylation sites is 1. The Labute approximate surface area is 173 Å². The van der Waals surface area contributed by atoms with E-state index in [0.717, 1.165) is 45.3 Å². The molecule has 1 amide bonds.